The van der Waals surface area contributed by atoms with Gasteiger partial charge in [0, 0.05) is 17.3 Å². The summed E-state index contributed by atoms with van der Waals surface area (Å²) in [6.07, 6.45) is 10.3. The van der Waals surface area contributed by atoms with Crippen LogP contribution in [0.2, 0.25) is 0 Å². The van der Waals surface area contributed by atoms with Crippen LogP contribution in [0.4, 0.5) is 0 Å². The Labute approximate surface area is 134 Å². The van der Waals surface area contributed by atoms with E-state index in [9.17, 15) is 0 Å². The first-order chi connectivity index (χ1) is 10.2. The molecular weight excluding hydrogens is 278 g/mol. The van der Waals surface area contributed by atoms with E-state index in [1.54, 1.807) is 7.11 Å². The van der Waals surface area contributed by atoms with Crippen molar-refractivity contribution in [1.29, 1.82) is 0 Å². The third-order valence-corrected chi connectivity index (χ3v) is 6.21. The molecule has 0 bridgehead atoms. The maximum Gasteiger partial charge on any atom is 0.118 e. The number of ether oxygens (including phenoxy) is 1. The number of methoxy groups -OCH3 is 1. The molecule has 0 heterocycles. The van der Waals surface area contributed by atoms with E-state index in [1.807, 2.05) is 0 Å². The Bertz CT molecular complexity index is 412. The first-order valence-electron chi connectivity index (χ1n) is 8.15. The minimum Gasteiger partial charge on any atom is -0.497 e. The Morgan fingerprint density at radius 3 is 2.38 bits per heavy atom. The van der Waals surface area contributed by atoms with Gasteiger partial charge in [0.15, 0.2) is 0 Å². The van der Waals surface area contributed by atoms with Gasteiger partial charge in [0.2, 0.25) is 0 Å². The Morgan fingerprint density at radius 2 is 1.86 bits per heavy atom. The minimum absolute atomic E-state index is 0.446. The summed E-state index contributed by atoms with van der Waals surface area (Å²) in [5.41, 5.74) is 1.37. The molecule has 0 amide bonds. The standard InChI is InChI=1S/C18H29NOS/c1-4-17(15-8-10-16(20-2)11-9-15)19-14-18(21-3)12-6-5-7-13-18/h8-11,17,19H,4-7,12-14H2,1-3H3. The summed E-state index contributed by atoms with van der Waals surface area (Å²) in [7, 11) is 1.72. The molecule has 1 aromatic rings. The first-order valence-corrected chi connectivity index (χ1v) is 9.38. The maximum atomic E-state index is 5.25. The molecule has 0 saturated heterocycles. The Morgan fingerprint density at radius 1 is 1.19 bits per heavy atom. The fourth-order valence-electron chi connectivity index (χ4n) is 3.29. The van der Waals surface area contributed by atoms with E-state index in [0.717, 1.165) is 18.7 Å². The van der Waals surface area contributed by atoms with Gasteiger partial charge in [0.05, 0.1) is 7.11 Å². The van der Waals surface area contributed by atoms with E-state index in [2.05, 4.69) is 54.5 Å². The zero-order valence-corrected chi connectivity index (χ0v) is 14.5. The first kappa shape index (κ1) is 16.7. The molecule has 0 aromatic heterocycles. The summed E-state index contributed by atoms with van der Waals surface area (Å²) in [5, 5.41) is 3.82. The smallest absolute Gasteiger partial charge is 0.118 e. The maximum absolute atomic E-state index is 5.25. The van der Waals surface area contributed by atoms with Crippen LogP contribution in [-0.2, 0) is 0 Å². The molecule has 0 spiro atoms. The molecule has 1 aliphatic carbocycles. The molecular formula is C18H29NOS. The van der Waals surface area contributed by atoms with Crippen LogP contribution in [0, 0.1) is 0 Å². The van der Waals surface area contributed by atoms with Gasteiger partial charge in [-0.05, 0) is 43.2 Å². The third kappa shape index (κ3) is 4.40. The van der Waals surface area contributed by atoms with Crippen LogP contribution in [0.1, 0.15) is 57.1 Å². The van der Waals surface area contributed by atoms with E-state index in [-0.39, 0.29) is 0 Å². The molecule has 118 valence electrons. The zero-order valence-electron chi connectivity index (χ0n) is 13.7. The molecule has 1 fully saturated rings. The van der Waals surface area contributed by atoms with Crippen LogP contribution in [-0.4, -0.2) is 24.7 Å². The lowest BCUT2D eigenvalue weighted by Crippen LogP contribution is -2.40. The summed E-state index contributed by atoms with van der Waals surface area (Å²) in [6, 6.07) is 8.94. The van der Waals surface area contributed by atoms with Gasteiger partial charge in [0.1, 0.15) is 5.75 Å². The molecule has 2 rings (SSSR count). The minimum atomic E-state index is 0.446. The molecule has 0 aliphatic heterocycles. The Kier molecular flexibility index (Phi) is 6.43. The van der Waals surface area contributed by atoms with Gasteiger partial charge in [-0.1, -0.05) is 38.3 Å². The predicted molar refractivity (Wildman–Crippen MR) is 93.4 cm³/mol. The second-order valence-corrected chi connectivity index (χ2v) is 7.34. The van der Waals surface area contributed by atoms with Crippen LogP contribution in [0.3, 0.4) is 0 Å². The summed E-state index contributed by atoms with van der Waals surface area (Å²) >= 11 is 2.06. The molecule has 1 N–H and O–H groups in total. The number of thioether (sulfide) groups is 1. The van der Waals surface area contributed by atoms with Crippen LogP contribution >= 0.6 is 11.8 Å². The monoisotopic (exact) mass is 307 g/mol. The van der Waals surface area contributed by atoms with Gasteiger partial charge >= 0.3 is 0 Å². The van der Waals surface area contributed by atoms with Crippen molar-refractivity contribution >= 4 is 11.8 Å². The van der Waals surface area contributed by atoms with Crippen molar-refractivity contribution in [3.63, 3.8) is 0 Å². The summed E-state index contributed by atoms with van der Waals surface area (Å²) < 4.78 is 5.70. The van der Waals surface area contributed by atoms with Gasteiger partial charge in [-0.2, -0.15) is 11.8 Å². The quantitative estimate of drug-likeness (QED) is 0.781. The molecule has 21 heavy (non-hydrogen) atoms. The summed E-state index contributed by atoms with van der Waals surface area (Å²) in [6.45, 7) is 3.38. The number of rotatable bonds is 7. The molecule has 1 unspecified atom stereocenters. The summed E-state index contributed by atoms with van der Waals surface area (Å²) in [5.74, 6) is 0.932. The lowest BCUT2D eigenvalue weighted by Gasteiger charge is -2.37. The lowest BCUT2D eigenvalue weighted by molar-refractivity contribution is 0.360. The van der Waals surface area contributed by atoms with Crippen LogP contribution in [0.25, 0.3) is 0 Å². The molecule has 1 saturated carbocycles. The number of hydrogen-bond acceptors (Lipinski definition) is 3. The molecule has 2 nitrogen and oxygen atoms in total. The Balaban J connectivity index is 1.97. The van der Waals surface area contributed by atoms with Gasteiger partial charge in [-0.3, -0.25) is 0 Å². The highest BCUT2D eigenvalue weighted by Crippen LogP contribution is 2.38. The largest absolute Gasteiger partial charge is 0.497 e. The van der Waals surface area contributed by atoms with Crippen molar-refractivity contribution in [2.24, 2.45) is 0 Å². The van der Waals surface area contributed by atoms with Crippen molar-refractivity contribution in [2.45, 2.75) is 56.2 Å². The molecule has 1 atom stereocenters. The van der Waals surface area contributed by atoms with E-state index in [1.165, 1.54) is 37.7 Å². The molecule has 1 aliphatic rings. The van der Waals surface area contributed by atoms with Gasteiger partial charge in [0.25, 0.3) is 0 Å². The van der Waals surface area contributed by atoms with Crippen molar-refractivity contribution in [1.82, 2.24) is 5.32 Å². The zero-order chi connectivity index (χ0) is 15.1. The SMILES string of the molecule is CCC(NCC1(SC)CCCCC1)c1ccc(OC)cc1. The highest BCUT2D eigenvalue weighted by molar-refractivity contribution is 8.00. The lowest BCUT2D eigenvalue weighted by atomic mass is 9.87. The van der Waals surface area contributed by atoms with E-state index < -0.39 is 0 Å². The highest BCUT2D eigenvalue weighted by atomic mass is 32.2. The van der Waals surface area contributed by atoms with Gasteiger partial charge < -0.3 is 10.1 Å². The highest BCUT2D eigenvalue weighted by Gasteiger charge is 2.31. The number of benzene rings is 1. The fraction of sp³-hybridized carbons (Fsp3) is 0.667. The van der Waals surface area contributed by atoms with Crippen LogP contribution < -0.4 is 10.1 Å². The number of nitrogens with one attached hydrogen (secondary N) is 1. The predicted octanol–water partition coefficient (Wildman–Crippen LogP) is 4.80. The van der Waals surface area contributed by atoms with E-state index in [4.69, 9.17) is 4.74 Å². The van der Waals surface area contributed by atoms with E-state index in [0.29, 0.717) is 10.8 Å². The molecule has 0 radical (unpaired) electrons. The average molecular weight is 308 g/mol. The van der Waals surface area contributed by atoms with Crippen molar-refractivity contribution in [2.75, 3.05) is 19.9 Å². The topological polar surface area (TPSA) is 21.3 Å². The Hall–Kier alpha value is -0.670. The summed E-state index contributed by atoms with van der Waals surface area (Å²) in [4.78, 5) is 0. The van der Waals surface area contributed by atoms with Crippen LogP contribution in [0.15, 0.2) is 24.3 Å². The van der Waals surface area contributed by atoms with Crippen molar-refractivity contribution in [3.05, 3.63) is 29.8 Å². The third-order valence-electron chi connectivity index (χ3n) is 4.79. The molecule has 3 heteroatoms. The fourth-order valence-corrected chi connectivity index (χ4v) is 4.22. The average Bonchev–Trinajstić information content (AvgIpc) is 2.57. The molecule has 1 aromatic carbocycles. The van der Waals surface area contributed by atoms with Gasteiger partial charge in [-0.25, -0.2) is 0 Å². The van der Waals surface area contributed by atoms with E-state index >= 15 is 0 Å². The normalized spacial score (nSPS) is 19.2. The second-order valence-electron chi connectivity index (χ2n) is 6.06. The van der Waals surface area contributed by atoms with Crippen LogP contribution in [0.5, 0.6) is 5.75 Å². The van der Waals surface area contributed by atoms with Crippen molar-refractivity contribution < 1.29 is 4.74 Å². The van der Waals surface area contributed by atoms with Gasteiger partial charge in [-0.15, -0.1) is 0 Å². The second kappa shape index (κ2) is 8.09. The number of hydrogen-bond donors (Lipinski definition) is 1. The van der Waals surface area contributed by atoms with Crippen molar-refractivity contribution in [3.8, 4) is 5.75 Å².